The number of fused-ring (bicyclic) bond motifs is 1. The van der Waals surface area contributed by atoms with Gasteiger partial charge in [-0.3, -0.25) is 9.69 Å². The second-order valence-corrected chi connectivity index (χ2v) is 8.92. The van der Waals surface area contributed by atoms with Crippen molar-refractivity contribution < 1.29 is 14.3 Å². The fourth-order valence-electron chi connectivity index (χ4n) is 4.68. The summed E-state index contributed by atoms with van der Waals surface area (Å²) in [6.07, 6.45) is 0. The molecule has 0 radical (unpaired) electrons. The van der Waals surface area contributed by atoms with Crippen molar-refractivity contribution in [2.75, 3.05) is 29.2 Å². The molecule has 1 heterocycles. The third-order valence-corrected chi connectivity index (χ3v) is 6.30. The number of hydrogen-bond acceptors (Lipinski definition) is 5. The maximum Gasteiger partial charge on any atom is 0.341 e. The van der Waals surface area contributed by atoms with Crippen LogP contribution in [0.25, 0.3) is 0 Å². The fraction of sp³-hybridized carbons (Fsp3) is 0.133. The van der Waals surface area contributed by atoms with Crippen molar-refractivity contribution in [1.82, 2.24) is 0 Å². The minimum absolute atomic E-state index is 0.140. The Kier molecular flexibility index (Phi) is 5.94. The van der Waals surface area contributed by atoms with Crippen LogP contribution < -0.4 is 15.1 Å². The van der Waals surface area contributed by atoms with E-state index in [4.69, 9.17) is 4.74 Å². The highest BCUT2D eigenvalue weighted by atomic mass is 16.6. The summed E-state index contributed by atoms with van der Waals surface area (Å²) in [6, 6.07) is 33.0. The first-order valence-corrected chi connectivity index (χ1v) is 11.7. The van der Waals surface area contributed by atoms with E-state index in [0.29, 0.717) is 11.3 Å². The number of esters is 1. The molecule has 180 valence electrons. The van der Waals surface area contributed by atoms with Gasteiger partial charge in [-0.05, 0) is 54.6 Å². The van der Waals surface area contributed by atoms with Crippen molar-refractivity contribution in [1.29, 1.82) is 0 Å². The highest BCUT2D eigenvalue weighted by Crippen LogP contribution is 2.50. The predicted molar refractivity (Wildman–Crippen MR) is 143 cm³/mol. The molecule has 1 aliphatic rings. The average molecular weight is 478 g/mol. The molecule has 1 atom stereocenters. The molecular weight excluding hydrogens is 450 g/mol. The van der Waals surface area contributed by atoms with Crippen LogP contribution in [0.4, 0.5) is 22.7 Å². The molecule has 4 aromatic carbocycles. The highest BCUT2D eigenvalue weighted by Gasteiger charge is 2.52. The second kappa shape index (κ2) is 9.23. The lowest BCUT2D eigenvalue weighted by atomic mass is 9.90. The van der Waals surface area contributed by atoms with Crippen LogP contribution in [-0.2, 0) is 15.3 Å². The molecule has 6 nitrogen and oxygen atoms in total. The molecule has 4 aromatic rings. The van der Waals surface area contributed by atoms with E-state index in [0.717, 1.165) is 28.2 Å². The van der Waals surface area contributed by atoms with Crippen LogP contribution in [0.5, 0.6) is 0 Å². The molecule has 0 aliphatic carbocycles. The topological polar surface area (TPSA) is 61.9 Å². The SMILES string of the molecule is CC(=O)Nc1ccc(N(c2ccccc2)C2(c3ccc(N(C)C)cc3)OC(=O)c3ccccc32)cc1. The molecule has 6 heteroatoms. The normalized spacial score (nSPS) is 16.1. The summed E-state index contributed by atoms with van der Waals surface area (Å²) in [7, 11) is 3.98. The first-order chi connectivity index (χ1) is 17.4. The molecule has 1 N–H and O–H groups in total. The van der Waals surface area contributed by atoms with E-state index in [1.54, 1.807) is 6.07 Å². The van der Waals surface area contributed by atoms with Gasteiger partial charge in [0.05, 0.1) is 5.56 Å². The molecule has 1 amide bonds. The average Bonchev–Trinajstić information content (AvgIpc) is 3.19. The second-order valence-electron chi connectivity index (χ2n) is 8.92. The number of amides is 1. The minimum atomic E-state index is -1.24. The van der Waals surface area contributed by atoms with Gasteiger partial charge in [0.1, 0.15) is 0 Å². The van der Waals surface area contributed by atoms with Crippen molar-refractivity contribution >= 4 is 34.6 Å². The zero-order chi connectivity index (χ0) is 25.3. The third-order valence-electron chi connectivity index (χ3n) is 6.30. The van der Waals surface area contributed by atoms with Gasteiger partial charge in [0, 0.05) is 54.9 Å². The van der Waals surface area contributed by atoms with E-state index >= 15 is 0 Å². The molecule has 36 heavy (non-hydrogen) atoms. The number of para-hydroxylation sites is 1. The Balaban J connectivity index is 1.77. The van der Waals surface area contributed by atoms with E-state index in [2.05, 4.69) is 5.32 Å². The summed E-state index contributed by atoms with van der Waals surface area (Å²) >= 11 is 0. The van der Waals surface area contributed by atoms with Gasteiger partial charge in [-0.25, -0.2) is 4.79 Å². The Morgan fingerprint density at radius 3 is 1.97 bits per heavy atom. The Morgan fingerprint density at radius 2 is 1.33 bits per heavy atom. The van der Waals surface area contributed by atoms with Crippen molar-refractivity contribution in [3.63, 3.8) is 0 Å². The van der Waals surface area contributed by atoms with Crippen LogP contribution in [0.2, 0.25) is 0 Å². The van der Waals surface area contributed by atoms with Gasteiger partial charge in [-0.2, -0.15) is 0 Å². The van der Waals surface area contributed by atoms with Crippen molar-refractivity contribution in [3.8, 4) is 0 Å². The summed E-state index contributed by atoms with van der Waals surface area (Å²) in [4.78, 5) is 28.9. The molecular formula is C30H27N3O3. The first-order valence-electron chi connectivity index (χ1n) is 11.7. The van der Waals surface area contributed by atoms with E-state index in [1.165, 1.54) is 6.92 Å². The predicted octanol–water partition coefficient (Wildman–Crippen LogP) is 5.92. The summed E-state index contributed by atoms with van der Waals surface area (Å²) in [5, 5.41) is 2.81. The number of nitrogens with zero attached hydrogens (tertiary/aromatic N) is 2. The van der Waals surface area contributed by atoms with Gasteiger partial charge in [0.2, 0.25) is 11.6 Å². The summed E-state index contributed by atoms with van der Waals surface area (Å²) in [5.41, 5.74) is 4.26. The lowest BCUT2D eigenvalue weighted by molar-refractivity contribution is -0.114. The van der Waals surface area contributed by atoms with E-state index < -0.39 is 5.72 Å². The highest BCUT2D eigenvalue weighted by molar-refractivity contribution is 5.97. The van der Waals surface area contributed by atoms with Gasteiger partial charge in [0.15, 0.2) is 0 Å². The molecule has 0 saturated carbocycles. The van der Waals surface area contributed by atoms with Crippen molar-refractivity contribution in [2.24, 2.45) is 0 Å². The van der Waals surface area contributed by atoms with Crippen LogP contribution in [-0.4, -0.2) is 26.0 Å². The molecule has 0 aromatic heterocycles. The zero-order valence-electron chi connectivity index (χ0n) is 20.4. The molecule has 0 saturated heterocycles. The summed E-state index contributed by atoms with van der Waals surface area (Å²) < 4.78 is 6.38. The number of anilines is 4. The Morgan fingerprint density at radius 1 is 0.750 bits per heavy atom. The van der Waals surface area contributed by atoms with Gasteiger partial charge in [0.25, 0.3) is 0 Å². The van der Waals surface area contributed by atoms with Crippen molar-refractivity contribution in [2.45, 2.75) is 12.6 Å². The number of carbonyl (C=O) groups excluding carboxylic acids is 2. The largest absolute Gasteiger partial charge is 0.426 e. The number of carbonyl (C=O) groups is 2. The van der Waals surface area contributed by atoms with Gasteiger partial charge < -0.3 is 15.0 Å². The summed E-state index contributed by atoms with van der Waals surface area (Å²) in [5.74, 6) is -0.517. The van der Waals surface area contributed by atoms with E-state index in [-0.39, 0.29) is 11.9 Å². The molecule has 1 aliphatic heterocycles. The van der Waals surface area contributed by atoms with Crippen molar-refractivity contribution in [3.05, 3.63) is 120 Å². The lowest BCUT2D eigenvalue weighted by Crippen LogP contribution is -2.45. The summed E-state index contributed by atoms with van der Waals surface area (Å²) in [6.45, 7) is 1.48. The van der Waals surface area contributed by atoms with Crippen LogP contribution in [0.15, 0.2) is 103 Å². The Hall–Kier alpha value is -4.58. The molecule has 5 rings (SSSR count). The van der Waals surface area contributed by atoms with Gasteiger partial charge in [-0.15, -0.1) is 0 Å². The Labute approximate surface area is 210 Å². The van der Waals surface area contributed by atoms with Crippen LogP contribution >= 0.6 is 0 Å². The molecule has 0 spiro atoms. The smallest absolute Gasteiger partial charge is 0.341 e. The monoisotopic (exact) mass is 477 g/mol. The minimum Gasteiger partial charge on any atom is -0.426 e. The lowest BCUT2D eigenvalue weighted by Gasteiger charge is -2.42. The number of cyclic esters (lactones) is 1. The number of hydrogen-bond donors (Lipinski definition) is 1. The number of ether oxygens (including phenoxy) is 1. The Bertz CT molecular complexity index is 1400. The van der Waals surface area contributed by atoms with Crippen LogP contribution in [0.1, 0.15) is 28.4 Å². The zero-order valence-corrected chi connectivity index (χ0v) is 20.4. The first kappa shape index (κ1) is 23.2. The van der Waals surface area contributed by atoms with Gasteiger partial charge >= 0.3 is 5.97 Å². The molecule has 0 fully saturated rings. The number of nitrogens with one attached hydrogen (secondary N) is 1. The third kappa shape index (κ3) is 3.96. The fourth-order valence-corrected chi connectivity index (χ4v) is 4.68. The molecule has 0 bridgehead atoms. The number of benzene rings is 4. The van der Waals surface area contributed by atoms with E-state index in [9.17, 15) is 9.59 Å². The molecule has 1 unspecified atom stereocenters. The van der Waals surface area contributed by atoms with Crippen LogP contribution in [0, 0.1) is 0 Å². The van der Waals surface area contributed by atoms with Crippen LogP contribution in [0.3, 0.4) is 0 Å². The van der Waals surface area contributed by atoms with Gasteiger partial charge in [-0.1, -0.05) is 48.5 Å². The van der Waals surface area contributed by atoms with E-state index in [1.807, 2.05) is 121 Å². The maximum absolute atomic E-state index is 13.3. The number of rotatable bonds is 6. The quantitative estimate of drug-likeness (QED) is 0.349. The maximum atomic E-state index is 13.3. The standard InChI is InChI=1S/C30H27N3O3/c1-21(34)31-23-15-19-26(20-16-23)33(25-9-5-4-6-10-25)30(22-13-17-24(18-14-22)32(2)3)28-12-8-7-11-27(28)29(35)36-30/h4-20H,1-3H3,(H,31,34).